The van der Waals surface area contributed by atoms with Gasteiger partial charge in [0.2, 0.25) is 0 Å². The van der Waals surface area contributed by atoms with Crippen molar-refractivity contribution in [3.8, 4) is 11.5 Å². The van der Waals surface area contributed by atoms with Crippen molar-refractivity contribution in [2.75, 3.05) is 20.2 Å². The Hall–Kier alpha value is -1.18. The monoisotopic (exact) mass is 403 g/mol. The van der Waals surface area contributed by atoms with Crippen molar-refractivity contribution in [3.05, 3.63) is 24.3 Å². The Kier molecular flexibility index (Phi) is 5.55. The normalized spacial score (nSPS) is 26.6. The summed E-state index contributed by atoms with van der Waals surface area (Å²) in [4.78, 5) is 4.23. The van der Waals surface area contributed by atoms with E-state index in [1.165, 1.54) is 6.42 Å². The summed E-state index contributed by atoms with van der Waals surface area (Å²) in [5, 5.41) is 6.69. The van der Waals surface area contributed by atoms with E-state index in [1.54, 1.807) is 7.05 Å². The number of hydrogen-bond donors (Lipinski definition) is 2. The number of halogens is 1. The van der Waals surface area contributed by atoms with E-state index in [-0.39, 0.29) is 30.1 Å². The first-order valence-corrected chi connectivity index (χ1v) is 7.12. The van der Waals surface area contributed by atoms with Crippen molar-refractivity contribution in [3.63, 3.8) is 0 Å². The molecule has 3 unspecified atom stereocenters. The van der Waals surface area contributed by atoms with Gasteiger partial charge in [0.05, 0.1) is 6.54 Å². The maximum atomic E-state index is 5.90. The van der Waals surface area contributed by atoms with E-state index in [1.807, 2.05) is 24.3 Å². The summed E-state index contributed by atoms with van der Waals surface area (Å²) in [6.07, 6.45) is 1.22. The van der Waals surface area contributed by atoms with E-state index in [2.05, 4.69) is 22.5 Å². The van der Waals surface area contributed by atoms with Crippen molar-refractivity contribution < 1.29 is 9.47 Å². The molecule has 3 rings (SSSR count). The van der Waals surface area contributed by atoms with Gasteiger partial charge in [0.25, 0.3) is 0 Å². The highest BCUT2D eigenvalue weighted by atomic mass is 127. The lowest BCUT2D eigenvalue weighted by Gasteiger charge is -2.27. The van der Waals surface area contributed by atoms with Crippen molar-refractivity contribution in [1.82, 2.24) is 10.6 Å². The molecule has 1 aromatic carbocycles. The first kappa shape index (κ1) is 16.2. The molecule has 6 heteroatoms. The zero-order valence-corrected chi connectivity index (χ0v) is 14.7. The van der Waals surface area contributed by atoms with Crippen LogP contribution in [0, 0.1) is 5.92 Å². The van der Waals surface area contributed by atoms with Crippen LogP contribution in [0.3, 0.4) is 0 Å². The quantitative estimate of drug-likeness (QED) is 0.461. The van der Waals surface area contributed by atoms with Crippen molar-refractivity contribution in [2.24, 2.45) is 10.9 Å². The zero-order valence-electron chi connectivity index (χ0n) is 12.3. The molecule has 0 radical (unpaired) electrons. The molecule has 1 saturated carbocycles. The van der Waals surface area contributed by atoms with E-state index in [0.717, 1.165) is 23.4 Å². The van der Waals surface area contributed by atoms with Crippen LogP contribution < -0.4 is 20.1 Å². The van der Waals surface area contributed by atoms with Crippen molar-refractivity contribution in [2.45, 2.75) is 25.5 Å². The topological polar surface area (TPSA) is 54.9 Å². The van der Waals surface area contributed by atoms with Crippen LogP contribution in [0.25, 0.3) is 0 Å². The minimum absolute atomic E-state index is 0. The molecular weight excluding hydrogens is 381 g/mol. The lowest BCUT2D eigenvalue weighted by molar-refractivity contribution is 0.0936. The standard InChI is InChI=1S/C15H21N3O2.HI/c1-10-7-12(10)18-15(16-2)17-8-11-9-19-13-5-3-4-6-14(13)20-11;/h3-6,10-12H,7-9H2,1-2H3,(H2,16,17,18);1H. The second-order valence-electron chi connectivity index (χ2n) is 5.41. The molecule has 2 aliphatic rings. The van der Waals surface area contributed by atoms with Crippen molar-refractivity contribution >= 4 is 29.9 Å². The van der Waals surface area contributed by atoms with Crippen LogP contribution in [0.15, 0.2) is 29.3 Å². The van der Waals surface area contributed by atoms with Gasteiger partial charge in [0.15, 0.2) is 17.5 Å². The number of hydrogen-bond acceptors (Lipinski definition) is 3. The number of fused-ring (bicyclic) bond motifs is 1. The Bertz CT molecular complexity index is 509. The molecule has 1 aromatic rings. The minimum Gasteiger partial charge on any atom is -0.486 e. The maximum absolute atomic E-state index is 5.90. The van der Waals surface area contributed by atoms with Crippen LogP contribution in [0.2, 0.25) is 0 Å². The molecule has 0 spiro atoms. The minimum atomic E-state index is 0. The van der Waals surface area contributed by atoms with Crippen LogP contribution in [-0.2, 0) is 0 Å². The van der Waals surface area contributed by atoms with Crippen LogP contribution >= 0.6 is 24.0 Å². The zero-order chi connectivity index (χ0) is 13.9. The Balaban J connectivity index is 0.00000161. The second-order valence-corrected chi connectivity index (χ2v) is 5.41. The summed E-state index contributed by atoms with van der Waals surface area (Å²) < 4.78 is 11.6. The highest BCUT2D eigenvalue weighted by molar-refractivity contribution is 14.0. The summed E-state index contributed by atoms with van der Waals surface area (Å²) in [6.45, 7) is 3.47. The molecule has 3 atom stereocenters. The molecule has 5 nitrogen and oxygen atoms in total. The summed E-state index contributed by atoms with van der Waals surface area (Å²) in [6, 6.07) is 8.32. The largest absolute Gasteiger partial charge is 0.486 e. The smallest absolute Gasteiger partial charge is 0.191 e. The number of rotatable bonds is 3. The Labute approximate surface area is 142 Å². The SMILES string of the molecule is CN=C(NCC1COc2ccccc2O1)NC1CC1C.I. The Morgan fingerprint density at radius 3 is 2.71 bits per heavy atom. The highest BCUT2D eigenvalue weighted by Crippen LogP contribution is 2.31. The van der Waals surface area contributed by atoms with E-state index in [9.17, 15) is 0 Å². The molecular formula is C15H22IN3O2. The average molecular weight is 403 g/mol. The molecule has 0 amide bonds. The van der Waals surface area contributed by atoms with Crippen LogP contribution in [-0.4, -0.2) is 38.3 Å². The van der Waals surface area contributed by atoms with Gasteiger partial charge in [-0.25, -0.2) is 0 Å². The number of aliphatic imine (C=N–C) groups is 1. The van der Waals surface area contributed by atoms with Gasteiger partial charge < -0.3 is 20.1 Å². The van der Waals surface area contributed by atoms with Crippen LogP contribution in [0.1, 0.15) is 13.3 Å². The third-order valence-corrected chi connectivity index (χ3v) is 3.72. The van der Waals surface area contributed by atoms with Gasteiger partial charge >= 0.3 is 0 Å². The fraction of sp³-hybridized carbons (Fsp3) is 0.533. The number of nitrogens with zero attached hydrogens (tertiary/aromatic N) is 1. The van der Waals surface area contributed by atoms with Crippen LogP contribution in [0.4, 0.5) is 0 Å². The van der Waals surface area contributed by atoms with Gasteiger partial charge in [-0.2, -0.15) is 0 Å². The Morgan fingerprint density at radius 1 is 1.33 bits per heavy atom. The number of nitrogens with one attached hydrogen (secondary N) is 2. The molecule has 0 bridgehead atoms. The van der Waals surface area contributed by atoms with Crippen LogP contribution in [0.5, 0.6) is 11.5 Å². The fourth-order valence-corrected chi connectivity index (χ4v) is 2.27. The number of ether oxygens (including phenoxy) is 2. The van der Waals surface area contributed by atoms with E-state index in [0.29, 0.717) is 19.2 Å². The Morgan fingerprint density at radius 2 is 2.05 bits per heavy atom. The molecule has 1 aliphatic carbocycles. The van der Waals surface area contributed by atoms with Gasteiger partial charge in [-0.05, 0) is 24.5 Å². The summed E-state index contributed by atoms with van der Waals surface area (Å²) in [7, 11) is 1.79. The molecule has 0 saturated heterocycles. The van der Waals surface area contributed by atoms with Gasteiger partial charge in [-0.15, -0.1) is 24.0 Å². The molecule has 0 aromatic heterocycles. The third kappa shape index (κ3) is 4.15. The summed E-state index contributed by atoms with van der Waals surface area (Å²) in [5.74, 6) is 3.21. The number of para-hydroxylation sites is 2. The molecule has 116 valence electrons. The summed E-state index contributed by atoms with van der Waals surface area (Å²) >= 11 is 0. The number of guanidine groups is 1. The molecule has 1 aliphatic heterocycles. The lowest BCUT2D eigenvalue weighted by atomic mass is 10.2. The van der Waals surface area contributed by atoms with E-state index in [4.69, 9.17) is 9.47 Å². The molecule has 21 heavy (non-hydrogen) atoms. The van der Waals surface area contributed by atoms with Gasteiger partial charge in [0, 0.05) is 13.1 Å². The van der Waals surface area contributed by atoms with Gasteiger partial charge in [-0.1, -0.05) is 19.1 Å². The maximum Gasteiger partial charge on any atom is 0.191 e. The van der Waals surface area contributed by atoms with Gasteiger partial charge in [-0.3, -0.25) is 4.99 Å². The van der Waals surface area contributed by atoms with E-state index < -0.39 is 0 Å². The third-order valence-electron chi connectivity index (χ3n) is 3.72. The first-order chi connectivity index (χ1) is 9.76. The predicted octanol–water partition coefficient (Wildman–Crippen LogP) is 2.02. The van der Waals surface area contributed by atoms with Crippen molar-refractivity contribution in [1.29, 1.82) is 0 Å². The lowest BCUT2D eigenvalue weighted by Crippen LogP contribution is -2.46. The second kappa shape index (κ2) is 7.20. The first-order valence-electron chi connectivity index (χ1n) is 7.12. The molecule has 1 heterocycles. The van der Waals surface area contributed by atoms with E-state index >= 15 is 0 Å². The predicted molar refractivity (Wildman–Crippen MR) is 93.8 cm³/mol. The fourth-order valence-electron chi connectivity index (χ4n) is 2.27. The van der Waals surface area contributed by atoms with Gasteiger partial charge in [0.1, 0.15) is 12.7 Å². The molecule has 1 fully saturated rings. The highest BCUT2D eigenvalue weighted by Gasteiger charge is 2.33. The average Bonchev–Trinajstić information content (AvgIpc) is 3.18. The number of benzene rings is 1. The molecule has 2 N–H and O–H groups in total. The summed E-state index contributed by atoms with van der Waals surface area (Å²) in [5.41, 5.74) is 0.